The number of ether oxygens (including phenoxy) is 1. The van der Waals surface area contributed by atoms with Gasteiger partial charge < -0.3 is 15.2 Å². The van der Waals surface area contributed by atoms with Crippen LogP contribution in [0.5, 0.6) is 5.19 Å². The van der Waals surface area contributed by atoms with Crippen LogP contribution in [0.15, 0.2) is 17.5 Å². The molecule has 3 rings (SSSR count). The van der Waals surface area contributed by atoms with Gasteiger partial charge in [-0.2, -0.15) is 0 Å². The molecule has 1 fully saturated rings. The molecule has 0 aromatic carbocycles. The standard InChI is InChI=1S/C15H21N3O2S2/c1-2-20-14-18-17-12(22-14)9-16-13(11-5-3-8-21-11)15(10-19)6-4-7-15/h3,5,8,13,16,19H,2,4,6-7,9-10H2,1H3. The van der Waals surface area contributed by atoms with E-state index >= 15 is 0 Å². The fraction of sp³-hybridized carbons (Fsp3) is 0.600. The van der Waals surface area contributed by atoms with Gasteiger partial charge in [0.25, 0.3) is 5.19 Å². The Hall–Kier alpha value is -1.02. The molecule has 0 spiro atoms. The van der Waals surface area contributed by atoms with Gasteiger partial charge in [-0.05, 0) is 31.2 Å². The van der Waals surface area contributed by atoms with E-state index in [2.05, 4.69) is 33.0 Å². The molecule has 120 valence electrons. The second-order valence-electron chi connectivity index (χ2n) is 5.60. The fourth-order valence-corrected chi connectivity index (χ4v) is 4.56. The van der Waals surface area contributed by atoms with E-state index in [0.29, 0.717) is 18.3 Å². The van der Waals surface area contributed by atoms with Crippen LogP contribution in [0.3, 0.4) is 0 Å². The molecule has 0 amide bonds. The Balaban J connectivity index is 1.70. The lowest BCUT2D eigenvalue weighted by molar-refractivity contribution is 0.00575. The molecule has 1 aliphatic carbocycles. The van der Waals surface area contributed by atoms with E-state index in [0.717, 1.165) is 17.8 Å². The van der Waals surface area contributed by atoms with Crippen LogP contribution in [0.25, 0.3) is 0 Å². The molecule has 0 bridgehead atoms. The summed E-state index contributed by atoms with van der Waals surface area (Å²) in [5.74, 6) is 0. The molecule has 2 heterocycles. The third kappa shape index (κ3) is 3.17. The quantitative estimate of drug-likeness (QED) is 0.774. The molecule has 2 N–H and O–H groups in total. The molecule has 0 radical (unpaired) electrons. The number of nitrogens with one attached hydrogen (secondary N) is 1. The van der Waals surface area contributed by atoms with Crippen LogP contribution < -0.4 is 10.1 Å². The third-order valence-corrected chi connectivity index (χ3v) is 6.05. The van der Waals surface area contributed by atoms with Crippen LogP contribution in [0, 0.1) is 5.41 Å². The second-order valence-corrected chi connectivity index (χ2v) is 7.60. The van der Waals surface area contributed by atoms with Gasteiger partial charge in [0.05, 0.1) is 19.8 Å². The lowest BCUT2D eigenvalue weighted by Crippen LogP contribution is -2.45. The predicted molar refractivity (Wildman–Crippen MR) is 88.3 cm³/mol. The van der Waals surface area contributed by atoms with Crippen molar-refractivity contribution in [2.45, 2.75) is 38.8 Å². The molecule has 1 unspecified atom stereocenters. The summed E-state index contributed by atoms with van der Waals surface area (Å²) in [7, 11) is 0. The van der Waals surface area contributed by atoms with E-state index in [4.69, 9.17) is 4.74 Å². The van der Waals surface area contributed by atoms with Crippen LogP contribution in [0.2, 0.25) is 0 Å². The van der Waals surface area contributed by atoms with Gasteiger partial charge >= 0.3 is 0 Å². The highest BCUT2D eigenvalue weighted by molar-refractivity contribution is 7.13. The van der Waals surface area contributed by atoms with Gasteiger partial charge in [0.1, 0.15) is 5.01 Å². The van der Waals surface area contributed by atoms with Crippen molar-refractivity contribution in [3.05, 3.63) is 27.4 Å². The topological polar surface area (TPSA) is 67.3 Å². The first-order chi connectivity index (χ1) is 10.8. The summed E-state index contributed by atoms with van der Waals surface area (Å²) in [4.78, 5) is 1.28. The zero-order valence-electron chi connectivity index (χ0n) is 12.6. The van der Waals surface area contributed by atoms with E-state index in [1.54, 1.807) is 11.3 Å². The zero-order valence-corrected chi connectivity index (χ0v) is 14.3. The monoisotopic (exact) mass is 339 g/mol. The third-order valence-electron chi connectivity index (χ3n) is 4.28. The fourth-order valence-electron chi connectivity index (χ4n) is 2.92. The number of aliphatic hydroxyl groups is 1. The molecule has 1 atom stereocenters. The van der Waals surface area contributed by atoms with E-state index in [1.165, 1.54) is 22.6 Å². The van der Waals surface area contributed by atoms with E-state index < -0.39 is 0 Å². The molecule has 0 saturated heterocycles. The molecular weight excluding hydrogens is 318 g/mol. The summed E-state index contributed by atoms with van der Waals surface area (Å²) in [6.07, 6.45) is 3.33. The Morgan fingerprint density at radius 1 is 1.45 bits per heavy atom. The minimum atomic E-state index is -0.0295. The lowest BCUT2D eigenvalue weighted by atomic mass is 9.64. The molecule has 0 aliphatic heterocycles. The summed E-state index contributed by atoms with van der Waals surface area (Å²) in [6.45, 7) is 3.42. The first-order valence-electron chi connectivity index (χ1n) is 7.60. The molecule has 1 aliphatic rings. The maximum Gasteiger partial charge on any atom is 0.294 e. The number of aromatic nitrogens is 2. The summed E-state index contributed by atoms with van der Waals surface area (Å²) < 4.78 is 5.37. The van der Waals surface area contributed by atoms with Crippen LogP contribution in [-0.2, 0) is 6.54 Å². The summed E-state index contributed by atoms with van der Waals surface area (Å²) >= 11 is 3.21. The number of hydrogen-bond donors (Lipinski definition) is 2. The number of aliphatic hydroxyl groups excluding tert-OH is 1. The number of nitrogens with zero attached hydrogens (tertiary/aromatic N) is 2. The highest BCUT2D eigenvalue weighted by Crippen LogP contribution is 2.50. The van der Waals surface area contributed by atoms with E-state index in [1.807, 2.05) is 6.92 Å². The maximum absolute atomic E-state index is 9.90. The van der Waals surface area contributed by atoms with Gasteiger partial charge in [-0.15, -0.1) is 21.5 Å². The second kappa shape index (κ2) is 7.04. The highest BCUT2D eigenvalue weighted by atomic mass is 32.1. The normalized spacial score (nSPS) is 17.9. The van der Waals surface area contributed by atoms with Crippen LogP contribution >= 0.6 is 22.7 Å². The first-order valence-corrected chi connectivity index (χ1v) is 9.30. The zero-order chi connectivity index (χ0) is 15.4. The lowest BCUT2D eigenvalue weighted by Gasteiger charge is -2.46. The number of hydrogen-bond acceptors (Lipinski definition) is 7. The average molecular weight is 339 g/mol. The van der Waals surface area contributed by atoms with Crippen molar-refractivity contribution in [3.8, 4) is 5.19 Å². The smallest absolute Gasteiger partial charge is 0.294 e. The molecule has 22 heavy (non-hydrogen) atoms. The molecule has 5 nitrogen and oxygen atoms in total. The first kappa shape index (κ1) is 15.9. The average Bonchev–Trinajstić information content (AvgIpc) is 3.13. The van der Waals surface area contributed by atoms with Gasteiger partial charge in [-0.3, -0.25) is 0 Å². The molecule has 2 aromatic rings. The van der Waals surface area contributed by atoms with Gasteiger partial charge in [0.15, 0.2) is 0 Å². The van der Waals surface area contributed by atoms with Crippen LogP contribution in [0.4, 0.5) is 0 Å². The van der Waals surface area contributed by atoms with Crippen molar-refractivity contribution in [2.75, 3.05) is 13.2 Å². The summed E-state index contributed by atoms with van der Waals surface area (Å²) in [5.41, 5.74) is -0.0295. The maximum atomic E-state index is 9.90. The van der Waals surface area contributed by atoms with Gasteiger partial charge in [-0.1, -0.05) is 23.8 Å². The van der Waals surface area contributed by atoms with Gasteiger partial charge in [0.2, 0.25) is 0 Å². The Morgan fingerprint density at radius 3 is 2.91 bits per heavy atom. The predicted octanol–water partition coefficient (Wildman–Crippen LogP) is 2.99. The largest absolute Gasteiger partial charge is 0.469 e. The van der Waals surface area contributed by atoms with E-state index in [9.17, 15) is 5.11 Å². The molecule has 7 heteroatoms. The van der Waals surface area contributed by atoms with Gasteiger partial charge in [-0.25, -0.2) is 0 Å². The Bertz CT molecular complexity index is 576. The minimum absolute atomic E-state index is 0.0295. The van der Waals surface area contributed by atoms with Crippen molar-refractivity contribution in [1.82, 2.24) is 15.5 Å². The Labute approximate surface area is 138 Å². The minimum Gasteiger partial charge on any atom is -0.469 e. The van der Waals surface area contributed by atoms with Crippen molar-refractivity contribution in [1.29, 1.82) is 0 Å². The van der Waals surface area contributed by atoms with Crippen LogP contribution in [0.1, 0.15) is 42.1 Å². The van der Waals surface area contributed by atoms with Crippen molar-refractivity contribution >= 4 is 22.7 Å². The summed E-state index contributed by atoms with van der Waals surface area (Å²) in [5, 5.41) is 25.3. The van der Waals surface area contributed by atoms with Crippen molar-refractivity contribution in [3.63, 3.8) is 0 Å². The van der Waals surface area contributed by atoms with Crippen LogP contribution in [-0.4, -0.2) is 28.5 Å². The van der Waals surface area contributed by atoms with Crippen molar-refractivity contribution in [2.24, 2.45) is 5.41 Å². The summed E-state index contributed by atoms with van der Waals surface area (Å²) in [6, 6.07) is 4.38. The number of thiophene rings is 1. The highest BCUT2D eigenvalue weighted by Gasteiger charge is 2.44. The van der Waals surface area contributed by atoms with Crippen molar-refractivity contribution < 1.29 is 9.84 Å². The van der Waals surface area contributed by atoms with E-state index in [-0.39, 0.29) is 18.1 Å². The van der Waals surface area contributed by atoms with Gasteiger partial charge in [0, 0.05) is 16.3 Å². The Morgan fingerprint density at radius 2 is 2.32 bits per heavy atom. The molecule has 2 aromatic heterocycles. The SMILES string of the molecule is CCOc1nnc(CNC(c2cccs2)C2(CO)CCC2)s1. The number of rotatable bonds is 8. The molecule has 1 saturated carbocycles. The molecular formula is C15H21N3O2S2. The Kier molecular flexibility index (Phi) is 5.07.